The van der Waals surface area contributed by atoms with Crippen LogP contribution in [0.15, 0.2) is 82.9 Å². The van der Waals surface area contributed by atoms with Gasteiger partial charge < -0.3 is 14.2 Å². The number of hydrazone groups is 1. The fraction of sp³-hybridized carbons (Fsp3) is 0.182. The van der Waals surface area contributed by atoms with E-state index in [1.807, 2.05) is 18.2 Å². The molecule has 2 heterocycles. The Morgan fingerprint density at radius 2 is 1.85 bits per heavy atom. The van der Waals surface area contributed by atoms with Gasteiger partial charge in [-0.15, -0.1) is 18.3 Å². The Morgan fingerprint density at radius 1 is 1.12 bits per heavy atom. The number of hydrogen-bond acceptors (Lipinski definition) is 5. The molecule has 33 heavy (non-hydrogen) atoms. The molecular formula is C22H17BrF3N3O4. The Balaban J connectivity index is 1.62. The molecule has 2 aromatic rings. The average Bonchev–Trinajstić information content (AvgIpc) is 2.81. The lowest BCUT2D eigenvalue weighted by molar-refractivity contribution is -0.274. The van der Waals surface area contributed by atoms with Crippen LogP contribution >= 0.6 is 15.9 Å². The summed E-state index contributed by atoms with van der Waals surface area (Å²) < 4.78 is 53.4. The summed E-state index contributed by atoms with van der Waals surface area (Å²) in [5.41, 5.74) is 0.965. The zero-order chi connectivity index (χ0) is 23.4. The minimum absolute atomic E-state index is 0.205. The lowest BCUT2D eigenvalue weighted by atomic mass is 10.2. The fourth-order valence-corrected chi connectivity index (χ4v) is 3.43. The van der Waals surface area contributed by atoms with E-state index in [9.17, 15) is 18.0 Å². The van der Waals surface area contributed by atoms with E-state index in [-0.39, 0.29) is 5.90 Å². The van der Waals surface area contributed by atoms with E-state index in [4.69, 9.17) is 9.47 Å². The first-order valence-corrected chi connectivity index (χ1v) is 10.6. The van der Waals surface area contributed by atoms with E-state index >= 15 is 0 Å². The van der Waals surface area contributed by atoms with Crippen LogP contribution in [0, 0.1) is 0 Å². The lowest BCUT2D eigenvalue weighted by Gasteiger charge is -2.34. The van der Waals surface area contributed by atoms with E-state index < -0.39 is 24.4 Å². The summed E-state index contributed by atoms with van der Waals surface area (Å²) in [6.45, 7) is 0. The highest BCUT2D eigenvalue weighted by atomic mass is 79.9. The zero-order valence-corrected chi connectivity index (χ0v) is 18.5. The molecule has 2 aromatic carbocycles. The van der Waals surface area contributed by atoms with Gasteiger partial charge in [0.1, 0.15) is 12.0 Å². The number of nitrogens with zero attached hydrogens (tertiary/aromatic N) is 3. The van der Waals surface area contributed by atoms with Crippen molar-refractivity contribution in [2.75, 3.05) is 4.90 Å². The average molecular weight is 524 g/mol. The maximum absolute atomic E-state index is 13.5. The SMILES string of the molecule is O=C(N1C=COC(c2ccc(Br)cc2)=N1)N(c1ccc(OC(F)(F)F)cc1)C1CCC=CO1. The van der Waals surface area contributed by atoms with Crippen LogP contribution in [0.3, 0.4) is 0 Å². The number of urea groups is 1. The van der Waals surface area contributed by atoms with E-state index in [0.29, 0.717) is 24.1 Å². The van der Waals surface area contributed by atoms with Gasteiger partial charge in [-0.1, -0.05) is 15.9 Å². The van der Waals surface area contributed by atoms with Crippen molar-refractivity contribution in [1.82, 2.24) is 5.01 Å². The van der Waals surface area contributed by atoms with E-state index in [0.717, 1.165) is 21.6 Å². The molecular weight excluding hydrogens is 507 g/mol. The normalized spacial score (nSPS) is 17.6. The van der Waals surface area contributed by atoms with Crippen molar-refractivity contribution in [3.63, 3.8) is 0 Å². The molecule has 2 aliphatic rings. The van der Waals surface area contributed by atoms with Crippen LogP contribution in [-0.4, -0.2) is 29.5 Å². The summed E-state index contributed by atoms with van der Waals surface area (Å²) in [4.78, 5) is 14.8. The minimum atomic E-state index is -4.81. The van der Waals surface area contributed by atoms with Crippen LogP contribution in [0.5, 0.6) is 5.75 Å². The first-order valence-electron chi connectivity index (χ1n) is 9.77. The first kappa shape index (κ1) is 22.7. The monoisotopic (exact) mass is 523 g/mol. The molecule has 0 saturated heterocycles. The summed E-state index contributed by atoms with van der Waals surface area (Å²) in [5.74, 6) is -0.193. The minimum Gasteiger partial charge on any atom is -0.478 e. The van der Waals surface area contributed by atoms with Crippen LogP contribution in [0.1, 0.15) is 18.4 Å². The van der Waals surface area contributed by atoms with Crippen LogP contribution < -0.4 is 9.64 Å². The van der Waals surface area contributed by atoms with Gasteiger partial charge in [0.25, 0.3) is 0 Å². The molecule has 4 rings (SSSR count). The van der Waals surface area contributed by atoms with Crippen molar-refractivity contribution in [1.29, 1.82) is 0 Å². The van der Waals surface area contributed by atoms with Gasteiger partial charge in [-0.25, -0.2) is 4.79 Å². The molecule has 172 valence electrons. The Kier molecular flexibility index (Phi) is 6.59. The van der Waals surface area contributed by atoms with Crippen LogP contribution in [0.25, 0.3) is 0 Å². The molecule has 2 amide bonds. The smallest absolute Gasteiger partial charge is 0.478 e. The second-order valence-electron chi connectivity index (χ2n) is 6.89. The van der Waals surface area contributed by atoms with E-state index in [1.165, 1.54) is 35.8 Å². The van der Waals surface area contributed by atoms with Crippen LogP contribution in [-0.2, 0) is 9.47 Å². The Hall–Kier alpha value is -3.47. The molecule has 0 fully saturated rings. The summed E-state index contributed by atoms with van der Waals surface area (Å²) in [6.07, 6.45) is 1.62. The van der Waals surface area contributed by atoms with Crippen molar-refractivity contribution in [3.05, 3.63) is 83.4 Å². The molecule has 0 radical (unpaired) electrons. The van der Waals surface area contributed by atoms with Gasteiger partial charge in [-0.05, 0) is 61.0 Å². The highest BCUT2D eigenvalue weighted by Gasteiger charge is 2.33. The van der Waals surface area contributed by atoms with Gasteiger partial charge in [0.15, 0.2) is 6.23 Å². The Bertz CT molecular complexity index is 1090. The number of alkyl halides is 3. The lowest BCUT2D eigenvalue weighted by Crippen LogP contribution is -2.47. The highest BCUT2D eigenvalue weighted by Crippen LogP contribution is 2.29. The fourth-order valence-electron chi connectivity index (χ4n) is 3.16. The summed E-state index contributed by atoms with van der Waals surface area (Å²) in [5, 5.41) is 5.36. The zero-order valence-electron chi connectivity index (χ0n) is 16.9. The molecule has 1 unspecified atom stereocenters. The molecule has 1 atom stereocenters. The molecule has 0 spiro atoms. The Labute approximate surface area is 195 Å². The van der Waals surface area contributed by atoms with Crippen molar-refractivity contribution < 1.29 is 32.2 Å². The molecule has 11 heteroatoms. The third kappa shape index (κ3) is 5.67. The number of carbonyl (C=O) groups excluding carboxylic acids is 1. The number of amides is 2. The maximum Gasteiger partial charge on any atom is 0.573 e. The van der Waals surface area contributed by atoms with Crippen molar-refractivity contribution in [3.8, 4) is 5.75 Å². The summed E-state index contributed by atoms with van der Waals surface area (Å²) in [6, 6.07) is 11.6. The molecule has 7 nitrogen and oxygen atoms in total. The number of benzene rings is 2. The van der Waals surface area contributed by atoms with Gasteiger partial charge >= 0.3 is 12.4 Å². The molecule has 0 bridgehead atoms. The second kappa shape index (κ2) is 9.57. The standard InChI is InChI=1S/C22H17BrF3N3O4/c23-16-6-4-15(5-7-16)20-27-28(12-14-32-20)21(30)29(19-3-1-2-13-31-19)17-8-10-18(11-9-17)33-22(24,25)26/h2,4-14,19H,1,3H2. The number of halogens is 4. The third-order valence-electron chi connectivity index (χ3n) is 4.62. The molecule has 0 aromatic heterocycles. The highest BCUT2D eigenvalue weighted by molar-refractivity contribution is 9.10. The largest absolute Gasteiger partial charge is 0.573 e. The van der Waals surface area contributed by atoms with E-state index in [2.05, 4.69) is 25.8 Å². The van der Waals surface area contributed by atoms with Gasteiger partial charge in [0, 0.05) is 22.1 Å². The predicted molar refractivity (Wildman–Crippen MR) is 117 cm³/mol. The van der Waals surface area contributed by atoms with Gasteiger partial charge in [0.05, 0.1) is 12.5 Å². The molecule has 0 aliphatic carbocycles. The number of hydrogen-bond donors (Lipinski definition) is 0. The number of anilines is 1. The first-order chi connectivity index (χ1) is 15.8. The summed E-state index contributed by atoms with van der Waals surface area (Å²) >= 11 is 3.36. The van der Waals surface area contributed by atoms with Crippen molar-refractivity contribution in [2.24, 2.45) is 5.10 Å². The second-order valence-corrected chi connectivity index (χ2v) is 7.81. The van der Waals surface area contributed by atoms with Gasteiger partial charge in [0.2, 0.25) is 5.90 Å². The number of rotatable bonds is 4. The number of ether oxygens (including phenoxy) is 3. The van der Waals surface area contributed by atoms with Crippen molar-refractivity contribution in [2.45, 2.75) is 25.4 Å². The summed E-state index contributed by atoms with van der Waals surface area (Å²) in [7, 11) is 0. The van der Waals surface area contributed by atoms with Crippen LogP contribution in [0.4, 0.5) is 23.7 Å². The third-order valence-corrected chi connectivity index (χ3v) is 5.15. The van der Waals surface area contributed by atoms with Crippen LogP contribution in [0.2, 0.25) is 0 Å². The number of carbonyl (C=O) groups is 1. The molecule has 2 aliphatic heterocycles. The van der Waals surface area contributed by atoms with Gasteiger partial charge in [-0.2, -0.15) is 5.01 Å². The molecule has 0 saturated carbocycles. The Morgan fingerprint density at radius 3 is 2.48 bits per heavy atom. The van der Waals surface area contributed by atoms with Gasteiger partial charge in [-0.3, -0.25) is 4.90 Å². The number of allylic oxidation sites excluding steroid dienone is 1. The maximum atomic E-state index is 13.5. The van der Waals surface area contributed by atoms with Crippen molar-refractivity contribution >= 4 is 33.5 Å². The topological polar surface area (TPSA) is 63.6 Å². The van der Waals surface area contributed by atoms with E-state index in [1.54, 1.807) is 12.1 Å². The molecule has 0 N–H and O–H groups in total. The predicted octanol–water partition coefficient (Wildman–Crippen LogP) is 6.09. The quantitative estimate of drug-likeness (QED) is 0.486.